The summed E-state index contributed by atoms with van der Waals surface area (Å²) in [4.78, 5) is 29.3. The number of carbonyl (C=O) groups is 2. The van der Waals surface area contributed by atoms with Gasteiger partial charge in [0.1, 0.15) is 0 Å². The van der Waals surface area contributed by atoms with Gasteiger partial charge in [0, 0.05) is 42.1 Å². The molecule has 3 aliphatic rings. The van der Waals surface area contributed by atoms with E-state index < -0.39 is 0 Å². The molecule has 0 radical (unpaired) electrons. The number of hydrogen-bond donors (Lipinski definition) is 0. The molecule has 0 aliphatic carbocycles. The number of likely N-dealkylation sites (tertiary alicyclic amines) is 1. The van der Waals surface area contributed by atoms with Crippen LogP contribution in [0.5, 0.6) is 0 Å². The highest BCUT2D eigenvalue weighted by atomic mass is 79.9. The van der Waals surface area contributed by atoms with Crippen LogP contribution in [0, 0.1) is 18.8 Å². The van der Waals surface area contributed by atoms with Gasteiger partial charge in [0.05, 0.1) is 19.1 Å². The molecule has 0 unspecified atom stereocenters. The van der Waals surface area contributed by atoms with E-state index in [0.717, 1.165) is 35.1 Å². The van der Waals surface area contributed by atoms with E-state index in [9.17, 15) is 9.59 Å². The number of carbonyl (C=O) groups excluding carboxylic acids is 2. The maximum Gasteiger partial charge on any atom is 0.228 e. The number of aryl methyl sites for hydroxylation is 1. The first-order valence-electron chi connectivity index (χ1n) is 9.61. The Morgan fingerprint density at radius 2 is 2.00 bits per heavy atom. The van der Waals surface area contributed by atoms with E-state index in [4.69, 9.17) is 9.47 Å². The van der Waals surface area contributed by atoms with Crippen molar-refractivity contribution in [3.63, 3.8) is 0 Å². The van der Waals surface area contributed by atoms with Crippen molar-refractivity contribution < 1.29 is 19.1 Å². The second kappa shape index (κ2) is 7.89. The van der Waals surface area contributed by atoms with Crippen LogP contribution in [0.15, 0.2) is 22.7 Å². The van der Waals surface area contributed by atoms with Crippen LogP contribution in [0.1, 0.15) is 24.8 Å². The third-order valence-corrected chi connectivity index (χ3v) is 6.62. The number of benzene rings is 1. The highest BCUT2D eigenvalue weighted by Gasteiger charge is 2.40. The minimum Gasteiger partial charge on any atom is -0.350 e. The number of halogens is 1. The number of hydrogen-bond acceptors (Lipinski definition) is 4. The quantitative estimate of drug-likeness (QED) is 0.730. The molecule has 0 spiro atoms. The van der Waals surface area contributed by atoms with Crippen molar-refractivity contribution in [2.75, 3.05) is 37.7 Å². The van der Waals surface area contributed by atoms with Crippen LogP contribution < -0.4 is 4.90 Å². The fourth-order valence-electron chi connectivity index (χ4n) is 4.26. The minimum absolute atomic E-state index is 0.0195. The van der Waals surface area contributed by atoms with Gasteiger partial charge in [0.2, 0.25) is 11.8 Å². The third-order valence-electron chi connectivity index (χ3n) is 5.73. The summed E-state index contributed by atoms with van der Waals surface area (Å²) in [7, 11) is 0. The van der Waals surface area contributed by atoms with Crippen molar-refractivity contribution in [3.8, 4) is 0 Å². The lowest BCUT2D eigenvalue weighted by molar-refractivity contribution is -0.143. The standard InChI is InChI=1S/C20H25BrN2O4/c1-13-9-16(4-5-17(13)21)23-12-15(10-18(23)24)19(25)22-6-2-3-14(11-22)20-26-7-8-27-20/h4-5,9,14-15,20H,2-3,6-8,10-12H2,1H3/t14-,15-/m1/s1. The van der Waals surface area contributed by atoms with Gasteiger partial charge in [0.15, 0.2) is 6.29 Å². The van der Waals surface area contributed by atoms with Crippen LogP contribution in [-0.4, -0.2) is 55.9 Å². The van der Waals surface area contributed by atoms with E-state index in [2.05, 4.69) is 15.9 Å². The summed E-state index contributed by atoms with van der Waals surface area (Å²) in [5.74, 6) is 0.0617. The predicted molar refractivity (Wildman–Crippen MR) is 104 cm³/mol. The number of ether oxygens (including phenoxy) is 2. The van der Waals surface area contributed by atoms with E-state index in [-0.39, 0.29) is 36.4 Å². The largest absolute Gasteiger partial charge is 0.350 e. The molecule has 0 aromatic heterocycles. The molecule has 3 heterocycles. The Labute approximate surface area is 167 Å². The first kappa shape index (κ1) is 18.9. The first-order chi connectivity index (χ1) is 13.0. The van der Waals surface area contributed by atoms with Gasteiger partial charge in [-0.05, 0) is 43.5 Å². The third kappa shape index (κ3) is 3.91. The Morgan fingerprint density at radius 1 is 1.22 bits per heavy atom. The van der Waals surface area contributed by atoms with Crippen molar-refractivity contribution in [3.05, 3.63) is 28.2 Å². The first-order valence-corrected chi connectivity index (χ1v) is 10.4. The van der Waals surface area contributed by atoms with E-state index >= 15 is 0 Å². The zero-order valence-electron chi connectivity index (χ0n) is 15.5. The zero-order chi connectivity index (χ0) is 19.0. The number of amides is 2. The summed E-state index contributed by atoms with van der Waals surface area (Å²) in [5, 5.41) is 0. The van der Waals surface area contributed by atoms with Crippen LogP contribution in [0.25, 0.3) is 0 Å². The van der Waals surface area contributed by atoms with E-state index in [0.29, 0.717) is 26.3 Å². The second-order valence-corrected chi connectivity index (χ2v) is 8.49. The summed E-state index contributed by atoms with van der Waals surface area (Å²) < 4.78 is 12.3. The van der Waals surface area contributed by atoms with Gasteiger partial charge in [-0.15, -0.1) is 0 Å². The van der Waals surface area contributed by atoms with Gasteiger partial charge in [-0.25, -0.2) is 0 Å². The van der Waals surface area contributed by atoms with E-state index in [1.54, 1.807) is 4.90 Å². The molecule has 0 saturated carbocycles. The average Bonchev–Trinajstić information content (AvgIpc) is 3.33. The molecule has 0 bridgehead atoms. The maximum atomic E-state index is 13.1. The lowest BCUT2D eigenvalue weighted by Crippen LogP contribution is -2.46. The van der Waals surface area contributed by atoms with Crippen molar-refractivity contribution in [2.24, 2.45) is 11.8 Å². The summed E-state index contributed by atoms with van der Waals surface area (Å²) in [6.45, 7) is 5.13. The van der Waals surface area contributed by atoms with Crippen molar-refractivity contribution in [1.82, 2.24) is 4.90 Å². The van der Waals surface area contributed by atoms with Gasteiger partial charge in [-0.2, -0.15) is 0 Å². The van der Waals surface area contributed by atoms with Crippen LogP contribution >= 0.6 is 15.9 Å². The zero-order valence-corrected chi connectivity index (χ0v) is 17.1. The Bertz CT molecular complexity index is 735. The fourth-order valence-corrected chi connectivity index (χ4v) is 4.51. The fraction of sp³-hybridized carbons (Fsp3) is 0.600. The van der Waals surface area contributed by atoms with Crippen LogP contribution in [0.3, 0.4) is 0 Å². The molecule has 3 saturated heterocycles. The maximum absolute atomic E-state index is 13.1. The number of rotatable bonds is 3. The van der Waals surface area contributed by atoms with Gasteiger partial charge in [-0.3, -0.25) is 9.59 Å². The molecule has 146 valence electrons. The Balaban J connectivity index is 1.41. The molecule has 1 aromatic rings. The Morgan fingerprint density at radius 3 is 2.74 bits per heavy atom. The topological polar surface area (TPSA) is 59.1 Å². The average molecular weight is 437 g/mol. The molecule has 2 amide bonds. The highest BCUT2D eigenvalue weighted by molar-refractivity contribution is 9.10. The Kier molecular flexibility index (Phi) is 5.53. The number of nitrogens with zero attached hydrogens (tertiary/aromatic N) is 2. The molecule has 3 fully saturated rings. The van der Waals surface area contributed by atoms with Crippen molar-refractivity contribution >= 4 is 33.4 Å². The molecule has 7 heteroatoms. The molecule has 0 N–H and O–H groups in total. The molecule has 6 nitrogen and oxygen atoms in total. The van der Waals surface area contributed by atoms with Gasteiger partial charge >= 0.3 is 0 Å². The summed E-state index contributed by atoms with van der Waals surface area (Å²) in [6, 6.07) is 5.86. The lowest BCUT2D eigenvalue weighted by atomic mass is 9.95. The van der Waals surface area contributed by atoms with Gasteiger partial charge in [0.25, 0.3) is 0 Å². The summed E-state index contributed by atoms with van der Waals surface area (Å²) in [5.41, 5.74) is 1.94. The van der Waals surface area contributed by atoms with E-state index in [1.165, 1.54) is 0 Å². The number of anilines is 1. The predicted octanol–water partition coefficient (Wildman–Crippen LogP) is 2.72. The molecule has 27 heavy (non-hydrogen) atoms. The van der Waals surface area contributed by atoms with Crippen LogP contribution in [0.2, 0.25) is 0 Å². The highest BCUT2D eigenvalue weighted by Crippen LogP contribution is 2.31. The summed E-state index contributed by atoms with van der Waals surface area (Å²) >= 11 is 3.49. The van der Waals surface area contributed by atoms with Crippen molar-refractivity contribution in [2.45, 2.75) is 32.5 Å². The van der Waals surface area contributed by atoms with Crippen LogP contribution in [-0.2, 0) is 19.1 Å². The minimum atomic E-state index is -0.273. The molecule has 4 rings (SSSR count). The summed E-state index contributed by atoms with van der Waals surface area (Å²) in [6.07, 6.45) is 2.07. The Hall–Kier alpha value is -1.44. The monoisotopic (exact) mass is 436 g/mol. The molecular weight excluding hydrogens is 412 g/mol. The second-order valence-electron chi connectivity index (χ2n) is 7.64. The smallest absolute Gasteiger partial charge is 0.228 e. The van der Waals surface area contributed by atoms with Gasteiger partial charge < -0.3 is 19.3 Å². The molecule has 1 aromatic carbocycles. The normalized spacial score (nSPS) is 26.8. The van der Waals surface area contributed by atoms with Crippen LogP contribution in [0.4, 0.5) is 5.69 Å². The number of piperidine rings is 1. The van der Waals surface area contributed by atoms with E-state index in [1.807, 2.05) is 30.0 Å². The lowest BCUT2D eigenvalue weighted by Gasteiger charge is -2.36. The van der Waals surface area contributed by atoms with Gasteiger partial charge in [-0.1, -0.05) is 15.9 Å². The molecule has 3 aliphatic heterocycles. The van der Waals surface area contributed by atoms with Crippen molar-refractivity contribution in [1.29, 1.82) is 0 Å². The SMILES string of the molecule is Cc1cc(N2C[C@H](C(=O)N3CCC[C@@H](C4OCCO4)C3)CC2=O)ccc1Br. The molecule has 2 atom stereocenters. The molecular formula is C20H25BrN2O4.